The lowest BCUT2D eigenvalue weighted by Gasteiger charge is -2.12. The molecular weight excluding hydrogens is 321 g/mol. The van der Waals surface area contributed by atoms with E-state index in [1.54, 1.807) is 24.3 Å². The van der Waals surface area contributed by atoms with Crippen LogP contribution in [0.15, 0.2) is 30.3 Å². The molecule has 100 valence electrons. The lowest BCUT2D eigenvalue weighted by molar-refractivity contribution is 0.0880. The molecule has 2 amide bonds. The predicted molar refractivity (Wildman–Crippen MR) is 78.7 cm³/mol. The summed E-state index contributed by atoms with van der Waals surface area (Å²) in [6.45, 7) is 0. The summed E-state index contributed by atoms with van der Waals surface area (Å²) in [6.07, 6.45) is 0. The molecule has 0 unspecified atom stereocenters. The fraction of sp³-hybridized carbons (Fsp3) is 0. The number of nitrogens with one attached hydrogen (secondary N) is 1. The maximum atomic E-state index is 12.0. The molecule has 0 saturated heterocycles. The Morgan fingerprint density at radius 3 is 1.90 bits per heavy atom. The van der Waals surface area contributed by atoms with Crippen LogP contribution in [0.1, 0.15) is 20.7 Å². The average molecular weight is 327 g/mol. The second kappa shape index (κ2) is 4.77. The molecule has 6 heteroatoms. The molecule has 0 bridgehead atoms. The lowest BCUT2D eigenvalue weighted by atomic mass is 9.96. The monoisotopic (exact) mass is 325 g/mol. The Morgan fingerprint density at radius 2 is 1.25 bits per heavy atom. The van der Waals surface area contributed by atoms with Crippen LogP contribution in [-0.2, 0) is 0 Å². The Labute approximate surface area is 129 Å². The zero-order valence-electron chi connectivity index (χ0n) is 9.84. The molecule has 0 atom stereocenters. The maximum Gasteiger partial charge on any atom is 0.260 e. The van der Waals surface area contributed by atoms with Gasteiger partial charge in [0.2, 0.25) is 0 Å². The molecule has 1 heterocycles. The highest BCUT2D eigenvalue weighted by Gasteiger charge is 2.35. The number of carbonyl (C=O) groups excluding carboxylic acids is 2. The molecule has 0 radical (unpaired) electrons. The molecule has 1 aliphatic rings. The lowest BCUT2D eigenvalue weighted by Crippen LogP contribution is -2.20. The molecule has 0 spiro atoms. The number of hydrogen-bond donors (Lipinski definition) is 1. The first-order valence-corrected chi connectivity index (χ1v) is 6.77. The van der Waals surface area contributed by atoms with Gasteiger partial charge in [0.25, 0.3) is 11.8 Å². The number of imide groups is 1. The summed E-state index contributed by atoms with van der Waals surface area (Å²) in [5.74, 6) is -1.09. The third-order valence-corrected chi connectivity index (χ3v) is 4.40. The molecule has 2 aromatic rings. The van der Waals surface area contributed by atoms with Crippen molar-refractivity contribution in [2.24, 2.45) is 0 Å². The van der Waals surface area contributed by atoms with E-state index in [9.17, 15) is 9.59 Å². The molecule has 2 aromatic carbocycles. The standard InChI is InChI=1S/C14H6Cl3NO2/c15-10-7(6-4-2-1-3-5-6)8-9(11(16)12(10)17)14(20)18-13(8)19/h1-5H,(H,18,19,20). The molecule has 20 heavy (non-hydrogen) atoms. The van der Waals surface area contributed by atoms with E-state index in [-0.39, 0.29) is 26.2 Å². The zero-order chi connectivity index (χ0) is 14.4. The van der Waals surface area contributed by atoms with Gasteiger partial charge < -0.3 is 0 Å². The molecular formula is C14H6Cl3NO2. The predicted octanol–water partition coefficient (Wildman–Crippen LogP) is 4.20. The van der Waals surface area contributed by atoms with Gasteiger partial charge in [-0.3, -0.25) is 14.9 Å². The van der Waals surface area contributed by atoms with E-state index in [2.05, 4.69) is 5.32 Å². The van der Waals surface area contributed by atoms with E-state index in [1.807, 2.05) is 6.07 Å². The highest BCUT2D eigenvalue weighted by atomic mass is 35.5. The summed E-state index contributed by atoms with van der Waals surface area (Å²) in [5, 5.41) is 2.43. The number of benzene rings is 2. The van der Waals surface area contributed by atoms with Crippen LogP contribution >= 0.6 is 34.8 Å². The number of amides is 2. The van der Waals surface area contributed by atoms with Gasteiger partial charge in [0.1, 0.15) is 0 Å². The topological polar surface area (TPSA) is 46.2 Å². The number of halogens is 3. The van der Waals surface area contributed by atoms with E-state index >= 15 is 0 Å². The molecule has 1 N–H and O–H groups in total. The van der Waals surface area contributed by atoms with E-state index < -0.39 is 11.8 Å². The Hall–Kier alpha value is -1.55. The first kappa shape index (κ1) is 13.4. The number of rotatable bonds is 1. The van der Waals surface area contributed by atoms with Crippen LogP contribution in [0.2, 0.25) is 15.1 Å². The summed E-state index contributed by atoms with van der Waals surface area (Å²) in [4.78, 5) is 23.8. The van der Waals surface area contributed by atoms with Crippen molar-refractivity contribution < 1.29 is 9.59 Å². The molecule has 1 aliphatic heterocycles. The molecule has 0 saturated carbocycles. The molecule has 0 aliphatic carbocycles. The smallest absolute Gasteiger partial charge is 0.260 e. The van der Waals surface area contributed by atoms with E-state index in [0.717, 1.165) is 0 Å². The first-order chi connectivity index (χ1) is 9.52. The highest BCUT2D eigenvalue weighted by Crippen LogP contribution is 2.45. The van der Waals surface area contributed by atoms with Crippen molar-refractivity contribution in [3.63, 3.8) is 0 Å². The maximum absolute atomic E-state index is 12.0. The zero-order valence-corrected chi connectivity index (χ0v) is 12.1. The molecule has 0 aromatic heterocycles. The summed E-state index contributed by atoms with van der Waals surface area (Å²) in [7, 11) is 0. The largest absolute Gasteiger partial charge is 0.288 e. The van der Waals surface area contributed by atoms with Gasteiger partial charge in [-0.2, -0.15) is 0 Å². The normalized spacial score (nSPS) is 13.3. The van der Waals surface area contributed by atoms with Crippen LogP contribution < -0.4 is 5.32 Å². The van der Waals surface area contributed by atoms with Gasteiger partial charge in [0.05, 0.1) is 26.2 Å². The van der Waals surface area contributed by atoms with Crippen LogP contribution in [0.3, 0.4) is 0 Å². The van der Waals surface area contributed by atoms with E-state index in [4.69, 9.17) is 34.8 Å². The van der Waals surface area contributed by atoms with Crippen LogP contribution in [0.4, 0.5) is 0 Å². The van der Waals surface area contributed by atoms with Gasteiger partial charge in [-0.25, -0.2) is 0 Å². The van der Waals surface area contributed by atoms with E-state index in [1.165, 1.54) is 0 Å². The minimum atomic E-state index is -0.564. The summed E-state index contributed by atoms with van der Waals surface area (Å²) >= 11 is 18.3. The number of fused-ring (bicyclic) bond motifs is 1. The summed E-state index contributed by atoms with van der Waals surface area (Å²) in [6, 6.07) is 8.99. The highest BCUT2D eigenvalue weighted by molar-refractivity contribution is 6.52. The quantitative estimate of drug-likeness (QED) is 0.630. The Bertz CT molecular complexity index is 757. The van der Waals surface area contributed by atoms with Gasteiger partial charge in [0, 0.05) is 5.56 Å². The van der Waals surface area contributed by atoms with Crippen LogP contribution in [0.5, 0.6) is 0 Å². The van der Waals surface area contributed by atoms with Crippen molar-refractivity contribution in [3.05, 3.63) is 56.5 Å². The Balaban J connectivity index is 2.45. The van der Waals surface area contributed by atoms with Crippen molar-refractivity contribution in [1.29, 1.82) is 0 Å². The van der Waals surface area contributed by atoms with Crippen molar-refractivity contribution in [3.8, 4) is 11.1 Å². The minimum absolute atomic E-state index is 0.00491. The summed E-state index contributed by atoms with van der Waals surface area (Å²) < 4.78 is 0. The van der Waals surface area contributed by atoms with Gasteiger partial charge in [-0.1, -0.05) is 65.1 Å². The average Bonchev–Trinajstić information content (AvgIpc) is 2.73. The minimum Gasteiger partial charge on any atom is -0.288 e. The van der Waals surface area contributed by atoms with Crippen LogP contribution in [0, 0.1) is 0 Å². The third kappa shape index (κ3) is 1.82. The number of hydrogen-bond acceptors (Lipinski definition) is 2. The molecule has 3 rings (SSSR count). The van der Waals surface area contributed by atoms with Crippen molar-refractivity contribution in [2.45, 2.75) is 0 Å². The third-order valence-electron chi connectivity index (χ3n) is 3.07. The van der Waals surface area contributed by atoms with Gasteiger partial charge in [-0.05, 0) is 5.56 Å². The second-order valence-electron chi connectivity index (χ2n) is 4.22. The SMILES string of the molecule is O=C1NC(=O)c2c1c(Cl)c(Cl)c(Cl)c2-c1ccccc1. The van der Waals surface area contributed by atoms with E-state index in [0.29, 0.717) is 11.1 Å². The second-order valence-corrected chi connectivity index (χ2v) is 5.35. The first-order valence-electron chi connectivity index (χ1n) is 5.64. The number of carbonyl (C=O) groups is 2. The van der Waals surface area contributed by atoms with Gasteiger partial charge >= 0.3 is 0 Å². The Kier molecular flexibility index (Phi) is 3.21. The van der Waals surface area contributed by atoms with Gasteiger partial charge in [-0.15, -0.1) is 0 Å². The van der Waals surface area contributed by atoms with Crippen LogP contribution in [0.25, 0.3) is 11.1 Å². The van der Waals surface area contributed by atoms with Crippen molar-refractivity contribution in [2.75, 3.05) is 0 Å². The van der Waals surface area contributed by atoms with Crippen molar-refractivity contribution in [1.82, 2.24) is 5.32 Å². The molecule has 3 nitrogen and oxygen atoms in total. The summed E-state index contributed by atoms with van der Waals surface area (Å²) in [5.41, 5.74) is 1.35. The van der Waals surface area contributed by atoms with Gasteiger partial charge in [0.15, 0.2) is 0 Å². The fourth-order valence-corrected chi connectivity index (χ4v) is 3.01. The molecule has 0 fully saturated rings. The Morgan fingerprint density at radius 1 is 0.700 bits per heavy atom. The fourth-order valence-electron chi connectivity index (χ4n) is 2.20. The van der Waals surface area contributed by atoms with Crippen LogP contribution in [-0.4, -0.2) is 11.8 Å². The van der Waals surface area contributed by atoms with Crippen molar-refractivity contribution >= 4 is 46.6 Å².